The van der Waals surface area contributed by atoms with E-state index in [1.807, 2.05) is 0 Å². The zero-order valence-corrected chi connectivity index (χ0v) is 17.5. The maximum Gasteiger partial charge on any atom is 0.268 e. The molecule has 3 rings (SSSR count). The molecule has 1 aliphatic rings. The summed E-state index contributed by atoms with van der Waals surface area (Å²) >= 11 is 3.34. The molecule has 0 aliphatic carbocycles. The molecular weight excluding hydrogens is 432 g/mol. The highest BCUT2D eigenvalue weighted by Gasteiger charge is 2.40. The summed E-state index contributed by atoms with van der Waals surface area (Å²) in [5.41, 5.74) is 6.66. The van der Waals surface area contributed by atoms with Crippen LogP contribution in [0.4, 0.5) is 5.69 Å². The van der Waals surface area contributed by atoms with Gasteiger partial charge < -0.3 is 10.5 Å². The zero-order chi connectivity index (χ0) is 19.8. The molecule has 2 aromatic carbocycles. The average Bonchev–Trinajstić information content (AvgIpc) is 2.62. The molecule has 2 atom stereocenters. The number of rotatable bonds is 5. The van der Waals surface area contributed by atoms with Gasteiger partial charge in [0.05, 0.1) is 18.2 Å². The first kappa shape index (κ1) is 19.7. The van der Waals surface area contributed by atoms with Crippen molar-refractivity contribution in [3.63, 3.8) is 0 Å². The van der Waals surface area contributed by atoms with Crippen molar-refractivity contribution in [1.29, 1.82) is 0 Å². The lowest BCUT2D eigenvalue weighted by Crippen LogP contribution is -2.45. The lowest BCUT2D eigenvalue weighted by atomic mass is 9.87. The minimum Gasteiger partial charge on any atom is -0.492 e. The van der Waals surface area contributed by atoms with E-state index in [2.05, 4.69) is 15.9 Å². The summed E-state index contributed by atoms with van der Waals surface area (Å²) in [6.45, 7) is 3.93. The van der Waals surface area contributed by atoms with Crippen LogP contribution in [0, 0.1) is 0 Å². The molecule has 0 saturated heterocycles. The Morgan fingerprint density at radius 1 is 1.30 bits per heavy atom. The summed E-state index contributed by atoms with van der Waals surface area (Å²) < 4.78 is 34.7. The topological polar surface area (TPSA) is 89.7 Å². The molecule has 8 heteroatoms. The van der Waals surface area contributed by atoms with E-state index in [9.17, 15) is 13.2 Å². The van der Waals surface area contributed by atoms with Gasteiger partial charge in [-0.15, -0.1) is 0 Å². The van der Waals surface area contributed by atoms with Gasteiger partial charge in [-0.2, -0.15) is 0 Å². The Labute approximate surface area is 167 Å². The molecule has 0 aromatic heterocycles. The number of carbonyl (C=O) groups excluding carboxylic acids is 1. The molecule has 0 fully saturated rings. The van der Waals surface area contributed by atoms with Crippen LogP contribution in [-0.4, -0.2) is 27.0 Å². The van der Waals surface area contributed by atoms with E-state index in [0.29, 0.717) is 34.5 Å². The number of amides is 1. The number of anilines is 1. The minimum absolute atomic E-state index is 0.0814. The fourth-order valence-corrected chi connectivity index (χ4v) is 5.85. The van der Waals surface area contributed by atoms with Crippen molar-refractivity contribution in [2.45, 2.75) is 37.1 Å². The molecule has 1 amide bonds. The highest BCUT2D eigenvalue weighted by atomic mass is 79.9. The van der Waals surface area contributed by atoms with Crippen LogP contribution in [0.15, 0.2) is 51.8 Å². The van der Waals surface area contributed by atoms with Crippen LogP contribution in [0.25, 0.3) is 0 Å². The lowest BCUT2D eigenvalue weighted by molar-refractivity contribution is -0.119. The molecule has 0 spiro atoms. The fraction of sp³-hybridized carbons (Fsp3) is 0.316. The van der Waals surface area contributed by atoms with Gasteiger partial charge in [0, 0.05) is 10.5 Å². The van der Waals surface area contributed by atoms with Gasteiger partial charge in [0.2, 0.25) is 5.91 Å². The van der Waals surface area contributed by atoms with Gasteiger partial charge in [0.1, 0.15) is 10.6 Å². The number of sulfonamides is 1. The predicted octanol–water partition coefficient (Wildman–Crippen LogP) is 3.40. The first-order valence-electron chi connectivity index (χ1n) is 8.62. The Kier molecular flexibility index (Phi) is 5.48. The summed E-state index contributed by atoms with van der Waals surface area (Å²) in [5.74, 6) is -0.678. The molecule has 2 N–H and O–H groups in total. The molecule has 0 radical (unpaired) electrons. The van der Waals surface area contributed by atoms with Gasteiger partial charge >= 0.3 is 0 Å². The molecular formula is C19H21BrN2O4S. The Morgan fingerprint density at radius 2 is 2.00 bits per heavy atom. The first-order chi connectivity index (χ1) is 12.8. The van der Waals surface area contributed by atoms with E-state index in [0.717, 1.165) is 0 Å². The molecule has 0 unspecified atom stereocenters. The predicted molar refractivity (Wildman–Crippen MR) is 107 cm³/mol. The summed E-state index contributed by atoms with van der Waals surface area (Å²) in [4.78, 5) is 12.0. The Balaban J connectivity index is 2.19. The highest BCUT2D eigenvalue weighted by Crippen LogP contribution is 2.42. The van der Waals surface area contributed by atoms with Crippen LogP contribution in [0.1, 0.15) is 31.7 Å². The van der Waals surface area contributed by atoms with Crippen molar-refractivity contribution in [3.05, 3.63) is 52.5 Å². The Morgan fingerprint density at radius 3 is 2.67 bits per heavy atom. The van der Waals surface area contributed by atoms with E-state index >= 15 is 0 Å². The normalized spacial score (nSPS) is 19.4. The lowest BCUT2D eigenvalue weighted by Gasteiger charge is -2.39. The van der Waals surface area contributed by atoms with Gasteiger partial charge in [0.15, 0.2) is 0 Å². The molecule has 2 aromatic rings. The van der Waals surface area contributed by atoms with E-state index in [4.69, 9.17) is 10.5 Å². The van der Waals surface area contributed by atoms with Crippen LogP contribution in [-0.2, 0) is 14.8 Å². The minimum atomic E-state index is -3.92. The Hall–Kier alpha value is -2.06. The van der Waals surface area contributed by atoms with Crippen LogP contribution in [0.5, 0.6) is 5.75 Å². The number of benzene rings is 2. The highest BCUT2D eigenvalue weighted by molar-refractivity contribution is 9.10. The summed E-state index contributed by atoms with van der Waals surface area (Å²) in [6.07, 6.45) is 0.323. The van der Waals surface area contributed by atoms with Crippen LogP contribution < -0.4 is 14.8 Å². The largest absolute Gasteiger partial charge is 0.492 e. The molecule has 0 saturated carbocycles. The molecule has 0 bridgehead atoms. The fourth-order valence-electron chi connectivity index (χ4n) is 3.48. The second-order valence-corrected chi connectivity index (χ2v) is 9.12. The van der Waals surface area contributed by atoms with Gasteiger partial charge in [-0.05, 0) is 50.1 Å². The van der Waals surface area contributed by atoms with Crippen LogP contribution >= 0.6 is 15.9 Å². The molecule has 144 valence electrons. The zero-order valence-electron chi connectivity index (χ0n) is 15.1. The van der Waals surface area contributed by atoms with E-state index in [1.165, 1.54) is 10.4 Å². The second kappa shape index (κ2) is 7.52. The smallest absolute Gasteiger partial charge is 0.268 e. The van der Waals surface area contributed by atoms with Crippen molar-refractivity contribution in [2.75, 3.05) is 10.9 Å². The van der Waals surface area contributed by atoms with Crippen molar-refractivity contribution in [1.82, 2.24) is 0 Å². The summed E-state index contributed by atoms with van der Waals surface area (Å²) in [6, 6.07) is 11.5. The van der Waals surface area contributed by atoms with Crippen LogP contribution in [0.3, 0.4) is 0 Å². The second-order valence-electron chi connectivity index (χ2n) is 6.42. The average molecular weight is 453 g/mol. The van der Waals surface area contributed by atoms with Crippen molar-refractivity contribution in [3.8, 4) is 5.75 Å². The maximum absolute atomic E-state index is 13.6. The molecule has 6 nitrogen and oxygen atoms in total. The van der Waals surface area contributed by atoms with Crippen molar-refractivity contribution < 1.29 is 17.9 Å². The monoisotopic (exact) mass is 452 g/mol. The molecule has 1 heterocycles. The number of hydrogen-bond donors (Lipinski definition) is 1. The number of primary amides is 1. The number of ether oxygens (including phenoxy) is 1. The first-order valence-corrected chi connectivity index (χ1v) is 10.9. The quantitative estimate of drug-likeness (QED) is 0.752. The number of carbonyl (C=O) groups is 1. The van der Waals surface area contributed by atoms with E-state index in [1.54, 1.807) is 50.2 Å². The third-order valence-electron chi connectivity index (χ3n) is 4.61. The standard InChI is InChI=1S/C19H21BrN2O4S/c1-3-26-17-9-8-13(20)11-18(17)27(24,25)22-12(2)10-15(19(21)23)14-6-4-5-7-16(14)22/h4-9,11-12,15H,3,10H2,1-2H3,(H2,21,23)/t12-,15-/m1/s1. The van der Waals surface area contributed by atoms with Crippen molar-refractivity contribution >= 4 is 37.5 Å². The number of fused-ring (bicyclic) bond motifs is 1. The molecule has 27 heavy (non-hydrogen) atoms. The Bertz CT molecular complexity index is 977. The van der Waals surface area contributed by atoms with Crippen LogP contribution in [0.2, 0.25) is 0 Å². The summed E-state index contributed by atoms with van der Waals surface area (Å²) in [7, 11) is -3.92. The van der Waals surface area contributed by atoms with Crippen molar-refractivity contribution in [2.24, 2.45) is 5.73 Å². The number of nitrogens with two attached hydrogens (primary N) is 1. The van der Waals surface area contributed by atoms with Gasteiger partial charge in [0.25, 0.3) is 10.0 Å². The number of halogens is 1. The molecule has 1 aliphatic heterocycles. The number of nitrogens with zero attached hydrogens (tertiary/aromatic N) is 1. The number of hydrogen-bond acceptors (Lipinski definition) is 4. The summed E-state index contributed by atoms with van der Waals surface area (Å²) in [5, 5.41) is 0. The maximum atomic E-state index is 13.6. The van der Waals surface area contributed by atoms with Gasteiger partial charge in [-0.25, -0.2) is 8.42 Å². The van der Waals surface area contributed by atoms with E-state index < -0.39 is 27.9 Å². The van der Waals surface area contributed by atoms with Gasteiger partial charge in [-0.1, -0.05) is 34.1 Å². The SMILES string of the molecule is CCOc1ccc(Br)cc1S(=O)(=O)N1c2ccccc2[C@H](C(N)=O)C[C@H]1C. The van der Waals surface area contributed by atoms with E-state index in [-0.39, 0.29) is 4.90 Å². The van der Waals surface area contributed by atoms with Gasteiger partial charge in [-0.3, -0.25) is 9.10 Å². The third-order valence-corrected chi connectivity index (χ3v) is 7.06. The number of para-hydroxylation sites is 1. The third kappa shape index (κ3) is 3.55.